The Morgan fingerprint density at radius 1 is 1.39 bits per heavy atom. The zero-order valence-corrected chi connectivity index (χ0v) is 10.8. The second kappa shape index (κ2) is 10.7. The first-order valence-corrected chi connectivity index (χ1v) is 5.82. The van der Waals surface area contributed by atoms with E-state index >= 15 is 0 Å². The van der Waals surface area contributed by atoms with E-state index in [1.807, 2.05) is 0 Å². The van der Waals surface area contributed by atoms with Crippen LogP contribution in [-0.2, 0) is 28.5 Å². The van der Waals surface area contributed by atoms with Crippen LogP contribution in [0.1, 0.15) is 20.3 Å². The SMILES string of the molecule is C=CC(=O)OCC(=O)OC1COCCO1.CCC. The normalized spacial score (nSPS) is 18.0. The number of ether oxygens (including phenoxy) is 4. The van der Waals surface area contributed by atoms with Crippen molar-refractivity contribution in [2.24, 2.45) is 0 Å². The highest BCUT2D eigenvalue weighted by atomic mass is 16.7. The van der Waals surface area contributed by atoms with Gasteiger partial charge in [0.15, 0.2) is 6.61 Å². The molecular formula is C12H20O6. The highest BCUT2D eigenvalue weighted by molar-refractivity contribution is 5.83. The molecule has 1 aliphatic rings. The first-order valence-electron chi connectivity index (χ1n) is 5.82. The maximum atomic E-state index is 11.1. The molecule has 1 atom stereocenters. The van der Waals surface area contributed by atoms with Gasteiger partial charge in [-0.2, -0.15) is 0 Å². The van der Waals surface area contributed by atoms with E-state index < -0.39 is 24.8 Å². The second-order valence-electron chi connectivity index (χ2n) is 3.38. The Kier molecular flexibility index (Phi) is 9.90. The molecule has 0 saturated carbocycles. The van der Waals surface area contributed by atoms with E-state index in [1.54, 1.807) is 0 Å². The molecule has 0 radical (unpaired) electrons. The first kappa shape index (κ1) is 16.6. The summed E-state index contributed by atoms with van der Waals surface area (Å²) in [6.45, 7) is 8.04. The van der Waals surface area contributed by atoms with Gasteiger partial charge in [-0.25, -0.2) is 9.59 Å². The van der Waals surface area contributed by atoms with E-state index in [0.29, 0.717) is 13.2 Å². The molecule has 18 heavy (non-hydrogen) atoms. The van der Waals surface area contributed by atoms with Crippen LogP contribution in [0.3, 0.4) is 0 Å². The molecule has 0 amide bonds. The average Bonchev–Trinajstić information content (AvgIpc) is 2.38. The van der Waals surface area contributed by atoms with E-state index in [4.69, 9.17) is 14.2 Å². The van der Waals surface area contributed by atoms with Gasteiger partial charge in [-0.3, -0.25) is 0 Å². The molecule has 1 fully saturated rings. The van der Waals surface area contributed by atoms with Gasteiger partial charge in [0.2, 0.25) is 6.29 Å². The summed E-state index contributed by atoms with van der Waals surface area (Å²) in [5.74, 6) is -1.35. The number of esters is 2. The van der Waals surface area contributed by atoms with Crippen molar-refractivity contribution in [3.63, 3.8) is 0 Å². The summed E-state index contributed by atoms with van der Waals surface area (Å²) in [5, 5.41) is 0. The van der Waals surface area contributed by atoms with Gasteiger partial charge in [0.25, 0.3) is 0 Å². The van der Waals surface area contributed by atoms with Crippen molar-refractivity contribution in [2.75, 3.05) is 26.4 Å². The molecule has 104 valence electrons. The summed E-state index contributed by atoms with van der Waals surface area (Å²) in [4.78, 5) is 21.7. The molecule has 1 aliphatic heterocycles. The van der Waals surface area contributed by atoms with Crippen molar-refractivity contribution in [1.29, 1.82) is 0 Å². The van der Waals surface area contributed by atoms with E-state index in [-0.39, 0.29) is 6.61 Å². The summed E-state index contributed by atoms with van der Waals surface area (Å²) < 4.78 is 19.3. The predicted molar refractivity (Wildman–Crippen MR) is 63.8 cm³/mol. The fourth-order valence-electron chi connectivity index (χ4n) is 0.904. The third-order valence-electron chi connectivity index (χ3n) is 1.55. The fourth-order valence-corrected chi connectivity index (χ4v) is 0.904. The van der Waals surface area contributed by atoms with Gasteiger partial charge in [-0.05, 0) is 0 Å². The van der Waals surface area contributed by atoms with Gasteiger partial charge in [0.1, 0.15) is 6.61 Å². The minimum absolute atomic E-state index is 0.196. The molecule has 0 bridgehead atoms. The number of hydrogen-bond donors (Lipinski definition) is 0. The summed E-state index contributed by atoms with van der Waals surface area (Å²) in [6.07, 6.45) is 1.50. The van der Waals surface area contributed by atoms with Crippen molar-refractivity contribution in [2.45, 2.75) is 26.6 Å². The minimum Gasteiger partial charge on any atom is -0.451 e. The predicted octanol–water partition coefficient (Wildman–Crippen LogP) is 1.05. The van der Waals surface area contributed by atoms with Crippen LogP contribution in [0, 0.1) is 0 Å². The Morgan fingerprint density at radius 2 is 2.06 bits per heavy atom. The molecule has 1 heterocycles. The molecule has 0 aliphatic carbocycles. The van der Waals surface area contributed by atoms with Crippen LogP contribution in [0.4, 0.5) is 0 Å². The number of carbonyl (C=O) groups excluding carboxylic acids is 2. The number of hydrogen-bond acceptors (Lipinski definition) is 6. The van der Waals surface area contributed by atoms with Crippen LogP contribution >= 0.6 is 0 Å². The van der Waals surface area contributed by atoms with Crippen LogP contribution in [0.5, 0.6) is 0 Å². The molecule has 0 N–H and O–H groups in total. The van der Waals surface area contributed by atoms with Gasteiger partial charge in [0, 0.05) is 6.08 Å². The average molecular weight is 260 g/mol. The molecule has 6 heteroatoms. The molecule has 1 unspecified atom stereocenters. The lowest BCUT2D eigenvalue weighted by atomic mass is 10.6. The van der Waals surface area contributed by atoms with Crippen LogP contribution in [0.25, 0.3) is 0 Å². The van der Waals surface area contributed by atoms with Crippen molar-refractivity contribution in [3.8, 4) is 0 Å². The molecule has 0 aromatic rings. The van der Waals surface area contributed by atoms with Crippen LogP contribution < -0.4 is 0 Å². The first-order chi connectivity index (χ1) is 8.63. The topological polar surface area (TPSA) is 71.1 Å². The Balaban J connectivity index is 0.000000873. The zero-order chi connectivity index (χ0) is 13.8. The Bertz CT molecular complexity index is 257. The third-order valence-corrected chi connectivity index (χ3v) is 1.55. The zero-order valence-electron chi connectivity index (χ0n) is 10.8. The lowest BCUT2D eigenvalue weighted by Crippen LogP contribution is -2.34. The van der Waals surface area contributed by atoms with Crippen LogP contribution in [0.2, 0.25) is 0 Å². The Morgan fingerprint density at radius 3 is 2.56 bits per heavy atom. The number of rotatable bonds is 4. The maximum Gasteiger partial charge on any atom is 0.346 e. The Labute approximate surface area is 107 Å². The molecule has 1 rings (SSSR count). The van der Waals surface area contributed by atoms with Gasteiger partial charge in [-0.1, -0.05) is 26.8 Å². The molecule has 6 nitrogen and oxygen atoms in total. The molecule has 0 spiro atoms. The lowest BCUT2D eigenvalue weighted by molar-refractivity contribution is -0.216. The van der Waals surface area contributed by atoms with Crippen molar-refractivity contribution in [1.82, 2.24) is 0 Å². The highest BCUT2D eigenvalue weighted by Crippen LogP contribution is 2.02. The smallest absolute Gasteiger partial charge is 0.346 e. The molecule has 0 aromatic carbocycles. The van der Waals surface area contributed by atoms with Crippen molar-refractivity contribution < 1.29 is 28.5 Å². The van der Waals surface area contributed by atoms with Crippen molar-refractivity contribution in [3.05, 3.63) is 12.7 Å². The van der Waals surface area contributed by atoms with E-state index in [1.165, 1.54) is 6.42 Å². The van der Waals surface area contributed by atoms with Crippen LogP contribution in [0.15, 0.2) is 12.7 Å². The number of carbonyl (C=O) groups is 2. The van der Waals surface area contributed by atoms with Crippen molar-refractivity contribution >= 4 is 11.9 Å². The largest absolute Gasteiger partial charge is 0.451 e. The third kappa shape index (κ3) is 8.72. The van der Waals surface area contributed by atoms with E-state index in [9.17, 15) is 9.59 Å². The molecule has 0 aromatic heterocycles. The monoisotopic (exact) mass is 260 g/mol. The summed E-state index contributed by atoms with van der Waals surface area (Å²) in [5.41, 5.74) is 0. The lowest BCUT2D eigenvalue weighted by Gasteiger charge is -2.22. The standard InChI is InChI=1S/C9H12O6.C3H8/c1-2-7(10)14-5-8(11)15-9-6-12-3-4-13-9;1-3-2/h2,9H,1,3-6H2;3H2,1-2H3. The minimum atomic E-state index is -0.714. The van der Waals surface area contributed by atoms with Crippen LogP contribution in [-0.4, -0.2) is 44.7 Å². The maximum absolute atomic E-state index is 11.1. The molecule has 1 saturated heterocycles. The highest BCUT2D eigenvalue weighted by Gasteiger charge is 2.19. The van der Waals surface area contributed by atoms with Gasteiger partial charge in [-0.15, -0.1) is 0 Å². The summed E-state index contributed by atoms with van der Waals surface area (Å²) in [6, 6.07) is 0. The summed E-state index contributed by atoms with van der Waals surface area (Å²) in [7, 11) is 0. The fraction of sp³-hybridized carbons (Fsp3) is 0.667. The van der Waals surface area contributed by atoms with Gasteiger partial charge in [0.05, 0.1) is 13.2 Å². The second-order valence-corrected chi connectivity index (χ2v) is 3.38. The van der Waals surface area contributed by atoms with E-state index in [0.717, 1.165) is 6.08 Å². The van der Waals surface area contributed by atoms with Gasteiger partial charge >= 0.3 is 11.9 Å². The van der Waals surface area contributed by atoms with E-state index in [2.05, 4.69) is 25.2 Å². The Hall–Kier alpha value is -1.40. The molecular weight excluding hydrogens is 240 g/mol. The van der Waals surface area contributed by atoms with Gasteiger partial charge < -0.3 is 18.9 Å². The summed E-state index contributed by atoms with van der Waals surface area (Å²) >= 11 is 0. The quantitative estimate of drug-likeness (QED) is 0.555.